The third-order valence-corrected chi connectivity index (χ3v) is 2.03. The second-order valence-corrected chi connectivity index (χ2v) is 3.06. The van der Waals surface area contributed by atoms with Crippen LogP contribution in [0.1, 0.15) is 16.7 Å². The average molecular weight is 174 g/mol. The summed E-state index contributed by atoms with van der Waals surface area (Å²) in [5.74, 6) is 0. The predicted molar refractivity (Wildman–Crippen MR) is 56.9 cm³/mol. The molecule has 0 aliphatic rings. The molecule has 1 rings (SSSR count). The van der Waals surface area contributed by atoms with Crippen molar-refractivity contribution >= 4 is 11.9 Å². The lowest BCUT2D eigenvalue weighted by Crippen LogP contribution is -2.01. The molecule has 1 aromatic carbocycles. The zero-order valence-electron chi connectivity index (χ0n) is 7.96. The van der Waals surface area contributed by atoms with Crippen LogP contribution >= 0.6 is 0 Å². The number of rotatable bonds is 2. The van der Waals surface area contributed by atoms with E-state index in [4.69, 9.17) is 11.1 Å². The van der Waals surface area contributed by atoms with Gasteiger partial charge in [0.15, 0.2) is 0 Å². The largest absolute Gasteiger partial charge is 0.398 e. The molecule has 0 saturated heterocycles. The maximum absolute atomic E-state index is 6.94. The number of hydrogen-bond donors (Lipinski definition) is 2. The van der Waals surface area contributed by atoms with Crippen molar-refractivity contribution in [2.24, 2.45) is 5.73 Å². The van der Waals surface area contributed by atoms with Gasteiger partial charge in [0.25, 0.3) is 0 Å². The van der Waals surface area contributed by atoms with Crippen LogP contribution in [0.5, 0.6) is 0 Å². The molecule has 2 nitrogen and oxygen atoms in total. The van der Waals surface area contributed by atoms with Gasteiger partial charge in [0, 0.05) is 17.5 Å². The Morgan fingerprint density at radius 2 is 1.85 bits per heavy atom. The van der Waals surface area contributed by atoms with Gasteiger partial charge in [-0.15, -0.1) is 0 Å². The molecule has 0 atom stereocenters. The summed E-state index contributed by atoms with van der Waals surface area (Å²) in [6.45, 7) is 4.04. The van der Waals surface area contributed by atoms with Crippen LogP contribution in [0.15, 0.2) is 24.3 Å². The fourth-order valence-corrected chi connectivity index (χ4v) is 1.44. The van der Waals surface area contributed by atoms with E-state index in [0.29, 0.717) is 5.70 Å². The fourth-order valence-electron chi connectivity index (χ4n) is 1.44. The third-order valence-electron chi connectivity index (χ3n) is 2.03. The minimum Gasteiger partial charge on any atom is -0.398 e. The zero-order chi connectivity index (χ0) is 9.84. The monoisotopic (exact) mass is 174 g/mol. The van der Waals surface area contributed by atoms with Crippen LogP contribution in [0.25, 0.3) is 5.70 Å². The van der Waals surface area contributed by atoms with Crippen LogP contribution in [0.2, 0.25) is 0 Å². The van der Waals surface area contributed by atoms with Gasteiger partial charge in [-0.05, 0) is 31.1 Å². The van der Waals surface area contributed by atoms with Crippen LogP contribution in [-0.2, 0) is 0 Å². The second kappa shape index (κ2) is 3.90. The summed E-state index contributed by atoms with van der Waals surface area (Å²) in [7, 11) is 0. The number of benzene rings is 1. The Morgan fingerprint density at radius 3 is 2.31 bits per heavy atom. The van der Waals surface area contributed by atoms with E-state index in [0.717, 1.165) is 16.7 Å². The highest BCUT2D eigenvalue weighted by Gasteiger charge is 2.03. The van der Waals surface area contributed by atoms with Gasteiger partial charge in [0.1, 0.15) is 0 Å². The van der Waals surface area contributed by atoms with Crippen molar-refractivity contribution in [1.82, 2.24) is 0 Å². The van der Waals surface area contributed by atoms with Crippen LogP contribution in [0, 0.1) is 19.3 Å². The van der Waals surface area contributed by atoms with Gasteiger partial charge in [-0.1, -0.05) is 18.2 Å². The van der Waals surface area contributed by atoms with Crippen LogP contribution in [0.3, 0.4) is 0 Å². The molecule has 1 aromatic rings. The van der Waals surface area contributed by atoms with E-state index in [1.54, 1.807) is 6.08 Å². The molecular formula is C11H14N2. The summed E-state index contributed by atoms with van der Waals surface area (Å²) in [6.07, 6.45) is 2.82. The minimum absolute atomic E-state index is 0.658. The predicted octanol–water partition coefficient (Wildman–Crippen LogP) is 2.25. The van der Waals surface area contributed by atoms with E-state index in [1.807, 2.05) is 32.0 Å². The highest BCUT2D eigenvalue weighted by Crippen LogP contribution is 2.18. The molecular weight excluding hydrogens is 160 g/mol. The summed E-state index contributed by atoms with van der Waals surface area (Å²) in [4.78, 5) is 0. The van der Waals surface area contributed by atoms with E-state index >= 15 is 0 Å². The van der Waals surface area contributed by atoms with Crippen LogP contribution < -0.4 is 5.73 Å². The van der Waals surface area contributed by atoms with Gasteiger partial charge < -0.3 is 11.1 Å². The standard InChI is InChI=1S/C11H14N2/c1-8-4-3-5-9(2)11(8)10(13)6-7-12/h3-7,12H,13H2,1-2H3. The van der Waals surface area contributed by atoms with E-state index in [9.17, 15) is 0 Å². The van der Waals surface area contributed by atoms with Gasteiger partial charge in [-0.25, -0.2) is 0 Å². The SMILES string of the molecule is Cc1cccc(C)c1C(N)=CC=N. The molecule has 13 heavy (non-hydrogen) atoms. The Labute approximate surface area is 78.6 Å². The molecule has 68 valence electrons. The molecule has 0 aliphatic heterocycles. The maximum Gasteiger partial charge on any atom is 0.0408 e. The topological polar surface area (TPSA) is 49.9 Å². The van der Waals surface area contributed by atoms with Crippen LogP contribution in [0.4, 0.5) is 0 Å². The first-order valence-corrected chi connectivity index (χ1v) is 4.19. The first-order chi connectivity index (χ1) is 6.16. The molecule has 0 aromatic heterocycles. The van der Waals surface area contributed by atoms with E-state index in [2.05, 4.69) is 0 Å². The summed E-state index contributed by atoms with van der Waals surface area (Å²) in [6, 6.07) is 6.05. The summed E-state index contributed by atoms with van der Waals surface area (Å²) >= 11 is 0. The number of aryl methyl sites for hydroxylation is 2. The lowest BCUT2D eigenvalue weighted by atomic mass is 10.0. The number of nitrogens with two attached hydrogens (primary N) is 1. The number of nitrogens with one attached hydrogen (secondary N) is 1. The molecule has 0 bridgehead atoms. The molecule has 0 spiro atoms. The Kier molecular flexibility index (Phi) is 2.85. The lowest BCUT2D eigenvalue weighted by molar-refractivity contribution is 1.32. The Bertz CT molecular complexity index is 331. The van der Waals surface area contributed by atoms with Crippen molar-refractivity contribution in [1.29, 1.82) is 5.41 Å². The van der Waals surface area contributed by atoms with E-state index in [1.165, 1.54) is 6.21 Å². The first-order valence-electron chi connectivity index (χ1n) is 4.19. The normalized spacial score (nSPS) is 11.4. The van der Waals surface area contributed by atoms with Gasteiger partial charge in [-0.3, -0.25) is 0 Å². The molecule has 0 fully saturated rings. The van der Waals surface area contributed by atoms with Crippen molar-refractivity contribution in [2.75, 3.05) is 0 Å². The van der Waals surface area contributed by atoms with Gasteiger partial charge >= 0.3 is 0 Å². The average Bonchev–Trinajstić information content (AvgIpc) is 2.04. The molecule has 0 saturated carbocycles. The molecule has 0 aliphatic carbocycles. The molecule has 0 unspecified atom stereocenters. The molecule has 2 heteroatoms. The van der Waals surface area contributed by atoms with Crippen molar-refractivity contribution in [3.63, 3.8) is 0 Å². The van der Waals surface area contributed by atoms with Crippen molar-refractivity contribution in [3.8, 4) is 0 Å². The van der Waals surface area contributed by atoms with Gasteiger partial charge in [-0.2, -0.15) is 0 Å². The smallest absolute Gasteiger partial charge is 0.0408 e. The lowest BCUT2D eigenvalue weighted by Gasteiger charge is -2.08. The molecule has 0 heterocycles. The number of allylic oxidation sites excluding steroid dienone is 1. The number of hydrogen-bond acceptors (Lipinski definition) is 2. The maximum atomic E-state index is 6.94. The quantitative estimate of drug-likeness (QED) is 0.664. The van der Waals surface area contributed by atoms with E-state index in [-0.39, 0.29) is 0 Å². The Balaban J connectivity index is 3.27. The highest BCUT2D eigenvalue weighted by atomic mass is 14.6. The molecule has 0 radical (unpaired) electrons. The summed E-state index contributed by atoms with van der Waals surface area (Å²) < 4.78 is 0. The minimum atomic E-state index is 0.658. The van der Waals surface area contributed by atoms with Crippen LogP contribution in [-0.4, -0.2) is 6.21 Å². The summed E-state index contributed by atoms with van der Waals surface area (Å²) in [5.41, 5.74) is 9.82. The van der Waals surface area contributed by atoms with Crippen molar-refractivity contribution < 1.29 is 0 Å². The van der Waals surface area contributed by atoms with Crippen molar-refractivity contribution in [2.45, 2.75) is 13.8 Å². The zero-order valence-corrected chi connectivity index (χ0v) is 7.96. The molecule has 0 amide bonds. The third kappa shape index (κ3) is 1.96. The molecule has 3 N–H and O–H groups in total. The van der Waals surface area contributed by atoms with Crippen molar-refractivity contribution in [3.05, 3.63) is 41.0 Å². The Hall–Kier alpha value is -1.57. The second-order valence-electron chi connectivity index (χ2n) is 3.06. The highest BCUT2D eigenvalue weighted by molar-refractivity contribution is 5.83. The summed E-state index contributed by atoms with van der Waals surface area (Å²) in [5, 5.41) is 6.94. The fraction of sp³-hybridized carbons (Fsp3) is 0.182. The van der Waals surface area contributed by atoms with Gasteiger partial charge in [0.2, 0.25) is 0 Å². The first kappa shape index (κ1) is 9.52. The van der Waals surface area contributed by atoms with Gasteiger partial charge in [0.05, 0.1) is 0 Å². The Morgan fingerprint density at radius 1 is 1.31 bits per heavy atom. The van der Waals surface area contributed by atoms with E-state index < -0.39 is 0 Å².